The summed E-state index contributed by atoms with van der Waals surface area (Å²) in [5, 5.41) is 2.98. The van der Waals surface area contributed by atoms with Crippen molar-refractivity contribution >= 4 is 11.9 Å². The molecule has 3 heterocycles. The molecule has 0 bridgehead atoms. The molecule has 1 saturated heterocycles. The SMILES string of the molecule is Cc1ccc(CNC(=O)[C@@H]2CCCN(c3ncc(-c4ccccc4)cn3)C2)o1. The molecular weight excluding hydrogens is 352 g/mol. The summed E-state index contributed by atoms with van der Waals surface area (Å²) >= 11 is 0. The summed E-state index contributed by atoms with van der Waals surface area (Å²) in [4.78, 5) is 23.7. The number of nitrogens with one attached hydrogen (secondary N) is 1. The molecule has 1 amide bonds. The van der Waals surface area contributed by atoms with E-state index in [0.29, 0.717) is 19.0 Å². The lowest BCUT2D eigenvalue weighted by Gasteiger charge is -2.32. The quantitative estimate of drug-likeness (QED) is 0.737. The van der Waals surface area contributed by atoms with Gasteiger partial charge >= 0.3 is 0 Å². The van der Waals surface area contributed by atoms with Crippen molar-refractivity contribution in [1.29, 1.82) is 0 Å². The first-order valence-electron chi connectivity index (χ1n) is 9.64. The topological polar surface area (TPSA) is 71.3 Å². The van der Waals surface area contributed by atoms with Gasteiger partial charge in [0.15, 0.2) is 0 Å². The van der Waals surface area contributed by atoms with E-state index in [2.05, 4.69) is 20.2 Å². The van der Waals surface area contributed by atoms with Gasteiger partial charge in [-0.25, -0.2) is 9.97 Å². The Hall–Kier alpha value is -3.15. The zero-order chi connectivity index (χ0) is 19.3. The molecule has 1 N–H and O–H groups in total. The zero-order valence-electron chi connectivity index (χ0n) is 16.0. The predicted octanol–water partition coefficient (Wildman–Crippen LogP) is 3.58. The van der Waals surface area contributed by atoms with Crippen LogP contribution in [0.2, 0.25) is 0 Å². The largest absolute Gasteiger partial charge is 0.465 e. The van der Waals surface area contributed by atoms with E-state index < -0.39 is 0 Å². The van der Waals surface area contributed by atoms with Gasteiger partial charge in [-0.1, -0.05) is 30.3 Å². The highest BCUT2D eigenvalue weighted by atomic mass is 16.3. The average Bonchev–Trinajstić information content (AvgIpc) is 3.18. The van der Waals surface area contributed by atoms with Gasteiger partial charge < -0.3 is 14.6 Å². The Balaban J connectivity index is 1.37. The van der Waals surface area contributed by atoms with Crippen LogP contribution in [0.4, 0.5) is 5.95 Å². The Morgan fingerprint density at radius 2 is 1.93 bits per heavy atom. The first kappa shape index (κ1) is 18.2. The summed E-state index contributed by atoms with van der Waals surface area (Å²) in [5.41, 5.74) is 2.09. The number of amides is 1. The summed E-state index contributed by atoms with van der Waals surface area (Å²) in [6.45, 7) is 3.82. The van der Waals surface area contributed by atoms with Crippen LogP contribution in [-0.2, 0) is 11.3 Å². The third kappa shape index (κ3) is 4.22. The number of benzene rings is 1. The Morgan fingerprint density at radius 3 is 2.64 bits per heavy atom. The van der Waals surface area contributed by atoms with Gasteiger partial charge in [0.2, 0.25) is 11.9 Å². The Labute approximate surface area is 164 Å². The molecule has 144 valence electrons. The molecule has 28 heavy (non-hydrogen) atoms. The number of carbonyl (C=O) groups excluding carboxylic acids is 1. The molecule has 1 atom stereocenters. The van der Waals surface area contributed by atoms with Crippen LogP contribution < -0.4 is 10.2 Å². The molecule has 1 aromatic carbocycles. The number of nitrogens with zero attached hydrogens (tertiary/aromatic N) is 3. The number of carbonyl (C=O) groups is 1. The van der Waals surface area contributed by atoms with Gasteiger partial charge in [-0.2, -0.15) is 0 Å². The molecule has 0 spiro atoms. The second kappa shape index (κ2) is 8.25. The van der Waals surface area contributed by atoms with Gasteiger partial charge in [0.05, 0.1) is 12.5 Å². The van der Waals surface area contributed by atoms with Crippen molar-refractivity contribution in [2.75, 3.05) is 18.0 Å². The number of piperidine rings is 1. The lowest BCUT2D eigenvalue weighted by molar-refractivity contribution is -0.125. The molecule has 1 aliphatic heterocycles. The average molecular weight is 376 g/mol. The second-order valence-corrected chi connectivity index (χ2v) is 7.15. The first-order valence-corrected chi connectivity index (χ1v) is 9.64. The summed E-state index contributed by atoms with van der Waals surface area (Å²) in [6, 6.07) is 13.9. The molecule has 0 radical (unpaired) electrons. The van der Waals surface area contributed by atoms with Crippen LogP contribution in [0.5, 0.6) is 0 Å². The molecule has 1 aliphatic rings. The normalized spacial score (nSPS) is 16.8. The maximum Gasteiger partial charge on any atom is 0.225 e. The van der Waals surface area contributed by atoms with E-state index >= 15 is 0 Å². The van der Waals surface area contributed by atoms with E-state index in [0.717, 1.165) is 42.0 Å². The number of aryl methyl sites for hydroxylation is 1. The van der Waals surface area contributed by atoms with Crippen molar-refractivity contribution in [2.24, 2.45) is 5.92 Å². The van der Waals surface area contributed by atoms with Gasteiger partial charge in [-0.05, 0) is 37.5 Å². The molecular formula is C22H24N4O2. The fourth-order valence-corrected chi connectivity index (χ4v) is 3.54. The van der Waals surface area contributed by atoms with Crippen molar-refractivity contribution in [2.45, 2.75) is 26.3 Å². The highest BCUT2D eigenvalue weighted by Crippen LogP contribution is 2.23. The van der Waals surface area contributed by atoms with Crippen LogP contribution in [0.15, 0.2) is 59.3 Å². The fraction of sp³-hybridized carbons (Fsp3) is 0.318. The molecule has 0 aliphatic carbocycles. The summed E-state index contributed by atoms with van der Waals surface area (Å²) in [5.74, 6) is 2.29. The third-order valence-corrected chi connectivity index (χ3v) is 5.05. The maximum atomic E-state index is 12.6. The van der Waals surface area contributed by atoms with Crippen LogP contribution in [0.25, 0.3) is 11.1 Å². The highest BCUT2D eigenvalue weighted by molar-refractivity contribution is 5.79. The molecule has 0 saturated carbocycles. The van der Waals surface area contributed by atoms with Crippen LogP contribution in [0, 0.1) is 12.8 Å². The minimum absolute atomic E-state index is 0.0552. The molecule has 6 heteroatoms. The molecule has 4 rings (SSSR count). The number of hydrogen-bond acceptors (Lipinski definition) is 5. The first-order chi connectivity index (χ1) is 13.7. The zero-order valence-corrected chi connectivity index (χ0v) is 16.0. The van der Waals surface area contributed by atoms with Gasteiger partial charge in [-0.15, -0.1) is 0 Å². The van der Waals surface area contributed by atoms with E-state index in [1.807, 2.05) is 61.8 Å². The smallest absolute Gasteiger partial charge is 0.225 e. The molecule has 0 unspecified atom stereocenters. The monoisotopic (exact) mass is 376 g/mol. The molecule has 1 fully saturated rings. The van der Waals surface area contributed by atoms with Gasteiger partial charge in [0.25, 0.3) is 0 Å². The third-order valence-electron chi connectivity index (χ3n) is 5.05. The van der Waals surface area contributed by atoms with Crippen molar-refractivity contribution in [3.05, 3.63) is 66.4 Å². The number of anilines is 1. The fourth-order valence-electron chi connectivity index (χ4n) is 3.54. The molecule has 3 aromatic rings. The highest BCUT2D eigenvalue weighted by Gasteiger charge is 2.27. The van der Waals surface area contributed by atoms with E-state index in [4.69, 9.17) is 4.42 Å². The van der Waals surface area contributed by atoms with Crippen molar-refractivity contribution in [1.82, 2.24) is 15.3 Å². The molecule has 6 nitrogen and oxygen atoms in total. The van der Waals surface area contributed by atoms with E-state index in [9.17, 15) is 4.79 Å². The van der Waals surface area contributed by atoms with E-state index in [-0.39, 0.29) is 11.8 Å². The van der Waals surface area contributed by atoms with Crippen molar-refractivity contribution < 1.29 is 9.21 Å². The number of rotatable bonds is 5. The summed E-state index contributed by atoms with van der Waals surface area (Å²) in [6.07, 6.45) is 5.52. The van der Waals surface area contributed by atoms with Crippen molar-refractivity contribution in [3.8, 4) is 11.1 Å². The van der Waals surface area contributed by atoms with Crippen LogP contribution in [0.3, 0.4) is 0 Å². The summed E-state index contributed by atoms with van der Waals surface area (Å²) < 4.78 is 5.51. The lowest BCUT2D eigenvalue weighted by Crippen LogP contribution is -2.43. The van der Waals surface area contributed by atoms with E-state index in [1.165, 1.54) is 0 Å². The summed E-state index contributed by atoms with van der Waals surface area (Å²) in [7, 11) is 0. The second-order valence-electron chi connectivity index (χ2n) is 7.15. The van der Waals surface area contributed by atoms with Gasteiger partial charge in [-0.3, -0.25) is 4.79 Å². The Bertz CT molecular complexity index is 921. The number of aromatic nitrogens is 2. The number of furan rings is 1. The lowest BCUT2D eigenvalue weighted by atomic mass is 9.97. The Kier molecular flexibility index (Phi) is 5.37. The number of hydrogen-bond donors (Lipinski definition) is 1. The van der Waals surface area contributed by atoms with E-state index in [1.54, 1.807) is 0 Å². The predicted molar refractivity (Wildman–Crippen MR) is 108 cm³/mol. The Morgan fingerprint density at radius 1 is 1.14 bits per heavy atom. The van der Waals surface area contributed by atoms with Gasteiger partial charge in [0, 0.05) is 31.0 Å². The van der Waals surface area contributed by atoms with Crippen LogP contribution in [0.1, 0.15) is 24.4 Å². The van der Waals surface area contributed by atoms with Crippen LogP contribution >= 0.6 is 0 Å². The van der Waals surface area contributed by atoms with Gasteiger partial charge in [0.1, 0.15) is 11.5 Å². The maximum absolute atomic E-state index is 12.6. The molecule has 2 aromatic heterocycles. The standard InChI is InChI=1S/C22H24N4O2/c1-16-9-10-20(28-16)14-23-21(27)18-8-5-11-26(15-18)22-24-12-19(13-25-22)17-6-3-2-4-7-17/h2-4,6-7,9-10,12-13,18H,5,8,11,14-15H2,1H3,(H,23,27)/t18-/m1/s1. The minimum Gasteiger partial charge on any atom is -0.465 e. The minimum atomic E-state index is -0.0674. The van der Waals surface area contributed by atoms with Crippen LogP contribution in [-0.4, -0.2) is 29.0 Å². The van der Waals surface area contributed by atoms with Crippen molar-refractivity contribution in [3.63, 3.8) is 0 Å².